The molecule has 1 aromatic rings. The summed E-state index contributed by atoms with van der Waals surface area (Å²) in [5.41, 5.74) is -1.01. The zero-order valence-electron chi connectivity index (χ0n) is 11.1. The molecule has 0 heterocycles. The molecule has 6 nitrogen and oxygen atoms in total. The number of nitrogens with one attached hydrogen (secondary N) is 1. The molecule has 110 valence electrons. The van der Waals surface area contributed by atoms with Gasteiger partial charge in [0.2, 0.25) is 5.91 Å². The molecule has 0 unspecified atom stereocenters. The first-order valence-electron chi connectivity index (χ1n) is 5.51. The number of carbonyl (C=O) groups is 2. The smallest absolute Gasteiger partial charge is 0.340 e. The Hall–Kier alpha value is -1.96. The molecule has 1 amide bonds. The minimum atomic E-state index is -3.72. The highest BCUT2D eigenvalue weighted by Gasteiger charge is 2.39. The number of carboxylic acid groups (broad SMARTS) is 1. The van der Waals surface area contributed by atoms with Crippen molar-refractivity contribution in [2.45, 2.75) is 18.6 Å². The average Bonchev–Trinajstić information content (AvgIpc) is 2.26. The molecule has 0 aromatic heterocycles. The lowest BCUT2D eigenvalue weighted by Crippen LogP contribution is -2.44. The second-order valence-electron chi connectivity index (χ2n) is 4.70. The fourth-order valence-corrected chi connectivity index (χ4v) is 1.67. The molecule has 0 bridgehead atoms. The van der Waals surface area contributed by atoms with Crippen LogP contribution in [0.5, 0.6) is 0 Å². The number of rotatable bonds is 4. The van der Waals surface area contributed by atoms with Crippen molar-refractivity contribution in [3.05, 3.63) is 29.6 Å². The molecule has 0 fully saturated rings. The van der Waals surface area contributed by atoms with Crippen LogP contribution in [0, 0.1) is 5.82 Å². The number of amides is 1. The van der Waals surface area contributed by atoms with E-state index >= 15 is 0 Å². The van der Waals surface area contributed by atoms with Crippen LogP contribution in [0.3, 0.4) is 0 Å². The molecular formula is C12H14FNO5S. The van der Waals surface area contributed by atoms with Gasteiger partial charge in [-0.05, 0) is 26.0 Å². The maximum atomic E-state index is 13.4. The molecule has 1 rings (SSSR count). The molecule has 0 aliphatic rings. The summed E-state index contributed by atoms with van der Waals surface area (Å²) in [5.74, 6) is -3.52. The van der Waals surface area contributed by atoms with Crippen molar-refractivity contribution in [2.24, 2.45) is 0 Å². The SMILES string of the molecule is CC(C)(C(=O)Nc1cccc(F)c1C(=O)O)S(C)(=O)=O. The molecule has 1 aromatic carbocycles. The van der Waals surface area contributed by atoms with E-state index in [0.717, 1.165) is 12.3 Å². The summed E-state index contributed by atoms with van der Waals surface area (Å²) < 4.78 is 34.7. The molecule has 0 saturated heterocycles. The van der Waals surface area contributed by atoms with E-state index < -0.39 is 37.8 Å². The first-order valence-corrected chi connectivity index (χ1v) is 7.40. The molecule has 20 heavy (non-hydrogen) atoms. The van der Waals surface area contributed by atoms with E-state index in [-0.39, 0.29) is 5.69 Å². The Morgan fingerprint density at radius 3 is 2.30 bits per heavy atom. The molecule has 0 atom stereocenters. The summed E-state index contributed by atoms with van der Waals surface area (Å²) in [6.07, 6.45) is 0.885. The van der Waals surface area contributed by atoms with Crippen LogP contribution in [0.1, 0.15) is 24.2 Å². The van der Waals surface area contributed by atoms with Crippen LogP contribution in [0.25, 0.3) is 0 Å². The van der Waals surface area contributed by atoms with Gasteiger partial charge in [-0.3, -0.25) is 4.79 Å². The maximum Gasteiger partial charge on any atom is 0.340 e. The van der Waals surface area contributed by atoms with E-state index in [0.29, 0.717) is 0 Å². The van der Waals surface area contributed by atoms with Crippen molar-refractivity contribution in [3.8, 4) is 0 Å². The van der Waals surface area contributed by atoms with Crippen molar-refractivity contribution >= 4 is 27.4 Å². The number of carboxylic acids is 1. The van der Waals surface area contributed by atoms with Gasteiger partial charge in [0.25, 0.3) is 0 Å². The van der Waals surface area contributed by atoms with Crippen LogP contribution in [0.2, 0.25) is 0 Å². The normalized spacial score (nSPS) is 12.0. The average molecular weight is 303 g/mol. The van der Waals surface area contributed by atoms with Crippen molar-refractivity contribution in [2.75, 3.05) is 11.6 Å². The number of sulfone groups is 1. The van der Waals surface area contributed by atoms with Gasteiger partial charge in [-0.1, -0.05) is 6.07 Å². The Kier molecular flexibility index (Phi) is 4.18. The van der Waals surface area contributed by atoms with Gasteiger partial charge in [0.05, 0.1) is 5.69 Å². The molecule has 0 aliphatic carbocycles. The van der Waals surface area contributed by atoms with Crippen LogP contribution in [-0.4, -0.2) is 36.4 Å². The van der Waals surface area contributed by atoms with Gasteiger partial charge < -0.3 is 10.4 Å². The van der Waals surface area contributed by atoms with Crippen molar-refractivity contribution < 1.29 is 27.5 Å². The van der Waals surface area contributed by atoms with Crippen LogP contribution < -0.4 is 5.32 Å². The lowest BCUT2D eigenvalue weighted by Gasteiger charge is -2.22. The number of halogens is 1. The Morgan fingerprint density at radius 2 is 1.85 bits per heavy atom. The summed E-state index contributed by atoms with van der Waals surface area (Å²) in [7, 11) is -3.72. The van der Waals surface area contributed by atoms with Crippen LogP contribution in [-0.2, 0) is 14.6 Å². The number of benzene rings is 1. The van der Waals surface area contributed by atoms with Crippen LogP contribution in [0.4, 0.5) is 10.1 Å². The summed E-state index contributed by atoms with van der Waals surface area (Å²) in [4.78, 5) is 22.9. The highest BCUT2D eigenvalue weighted by molar-refractivity contribution is 7.92. The highest BCUT2D eigenvalue weighted by atomic mass is 32.2. The van der Waals surface area contributed by atoms with Crippen molar-refractivity contribution in [3.63, 3.8) is 0 Å². The summed E-state index contributed by atoms with van der Waals surface area (Å²) in [5, 5.41) is 11.1. The predicted molar refractivity (Wildman–Crippen MR) is 70.9 cm³/mol. The van der Waals surface area contributed by atoms with E-state index in [2.05, 4.69) is 5.32 Å². The van der Waals surface area contributed by atoms with Gasteiger partial charge in [-0.15, -0.1) is 0 Å². The second kappa shape index (κ2) is 5.20. The van der Waals surface area contributed by atoms with E-state index in [1.54, 1.807) is 0 Å². The number of hydrogen-bond acceptors (Lipinski definition) is 4. The maximum absolute atomic E-state index is 13.4. The zero-order valence-corrected chi connectivity index (χ0v) is 11.9. The topological polar surface area (TPSA) is 101 Å². The van der Waals surface area contributed by atoms with E-state index in [4.69, 9.17) is 5.11 Å². The minimum Gasteiger partial charge on any atom is -0.478 e. The Morgan fingerprint density at radius 1 is 1.30 bits per heavy atom. The molecule has 0 aliphatic heterocycles. The van der Waals surface area contributed by atoms with Gasteiger partial charge in [0, 0.05) is 6.26 Å². The van der Waals surface area contributed by atoms with Crippen LogP contribution >= 0.6 is 0 Å². The monoisotopic (exact) mass is 303 g/mol. The summed E-state index contributed by atoms with van der Waals surface area (Å²) in [6.45, 7) is 2.36. The van der Waals surface area contributed by atoms with Gasteiger partial charge in [0.15, 0.2) is 9.84 Å². The fourth-order valence-electron chi connectivity index (χ4n) is 1.29. The van der Waals surface area contributed by atoms with Crippen LogP contribution in [0.15, 0.2) is 18.2 Å². The second-order valence-corrected chi connectivity index (χ2v) is 7.27. The summed E-state index contributed by atoms with van der Waals surface area (Å²) in [6, 6.07) is 3.33. The first-order chi connectivity index (χ1) is 8.98. The van der Waals surface area contributed by atoms with E-state index in [9.17, 15) is 22.4 Å². The molecular weight excluding hydrogens is 289 g/mol. The number of anilines is 1. The summed E-state index contributed by atoms with van der Waals surface area (Å²) >= 11 is 0. The highest BCUT2D eigenvalue weighted by Crippen LogP contribution is 2.23. The lowest BCUT2D eigenvalue weighted by molar-refractivity contribution is -0.117. The largest absolute Gasteiger partial charge is 0.478 e. The van der Waals surface area contributed by atoms with Gasteiger partial charge in [-0.25, -0.2) is 17.6 Å². The standard InChI is InChI=1S/C12H14FNO5S/c1-12(2,20(3,18)19)11(17)14-8-6-4-5-7(13)9(8)10(15)16/h4-6H,1-3H3,(H,14,17)(H,15,16). The first kappa shape index (κ1) is 16.1. The molecule has 0 spiro atoms. The van der Waals surface area contributed by atoms with E-state index in [1.165, 1.54) is 26.0 Å². The van der Waals surface area contributed by atoms with E-state index in [1.807, 2.05) is 0 Å². The molecule has 8 heteroatoms. The molecule has 0 saturated carbocycles. The quantitative estimate of drug-likeness (QED) is 0.872. The third-order valence-electron chi connectivity index (χ3n) is 2.95. The third kappa shape index (κ3) is 2.96. The predicted octanol–water partition coefficient (Wildman–Crippen LogP) is 1.29. The Labute approximate surface area is 115 Å². The van der Waals surface area contributed by atoms with Gasteiger partial charge in [0.1, 0.15) is 16.1 Å². The lowest BCUT2D eigenvalue weighted by atomic mass is 10.1. The Bertz CT molecular complexity index is 666. The molecule has 2 N–H and O–H groups in total. The minimum absolute atomic E-state index is 0.292. The number of carbonyl (C=O) groups excluding carboxylic acids is 1. The fraction of sp³-hybridized carbons (Fsp3) is 0.333. The zero-order chi connectivity index (χ0) is 15.7. The number of hydrogen-bond donors (Lipinski definition) is 2. The molecule has 0 radical (unpaired) electrons. The van der Waals surface area contributed by atoms with Crippen molar-refractivity contribution in [1.82, 2.24) is 0 Å². The van der Waals surface area contributed by atoms with Gasteiger partial charge >= 0.3 is 5.97 Å². The third-order valence-corrected chi connectivity index (χ3v) is 4.99. The van der Waals surface area contributed by atoms with Gasteiger partial charge in [-0.2, -0.15) is 0 Å². The Balaban J connectivity index is 3.22. The van der Waals surface area contributed by atoms with Crippen molar-refractivity contribution in [1.29, 1.82) is 0 Å². The number of aromatic carboxylic acids is 1.